The summed E-state index contributed by atoms with van der Waals surface area (Å²) in [5.74, 6) is 2.11. The molecule has 1 atom stereocenters. The van der Waals surface area contributed by atoms with Crippen molar-refractivity contribution in [1.29, 1.82) is 0 Å². The molecule has 0 radical (unpaired) electrons. The molecule has 132 valence electrons. The van der Waals surface area contributed by atoms with Gasteiger partial charge >= 0.3 is 6.03 Å². The average molecular weight is 340 g/mol. The number of methoxy groups -OCH3 is 1. The number of carbonyl (C=O) groups is 1. The number of anilines is 1. The van der Waals surface area contributed by atoms with Crippen molar-refractivity contribution < 1.29 is 14.3 Å². The SMILES string of the molecule is COc1ccc2c(c1)C[C@H](NC(=O)Nc1ccc(C(C)C)cc1)CO2. The minimum absolute atomic E-state index is 0.0745. The number of hydrogen-bond donors (Lipinski definition) is 2. The Labute approximate surface area is 148 Å². The Bertz CT molecular complexity index is 741. The van der Waals surface area contributed by atoms with Crippen LogP contribution in [0.3, 0.4) is 0 Å². The van der Waals surface area contributed by atoms with Gasteiger partial charge < -0.3 is 20.1 Å². The largest absolute Gasteiger partial charge is 0.497 e. The van der Waals surface area contributed by atoms with Crippen molar-refractivity contribution in [2.24, 2.45) is 0 Å². The van der Waals surface area contributed by atoms with Gasteiger partial charge in [0.15, 0.2) is 0 Å². The fourth-order valence-corrected chi connectivity index (χ4v) is 2.89. The van der Waals surface area contributed by atoms with Gasteiger partial charge in [0, 0.05) is 5.69 Å². The molecule has 0 unspecified atom stereocenters. The third-order valence-corrected chi connectivity index (χ3v) is 4.34. The zero-order valence-electron chi connectivity index (χ0n) is 14.8. The second kappa shape index (κ2) is 7.47. The summed E-state index contributed by atoms with van der Waals surface area (Å²) in [4.78, 5) is 12.2. The van der Waals surface area contributed by atoms with E-state index in [0.29, 0.717) is 18.9 Å². The molecule has 1 heterocycles. The molecule has 0 spiro atoms. The van der Waals surface area contributed by atoms with Crippen LogP contribution in [-0.2, 0) is 6.42 Å². The monoisotopic (exact) mass is 340 g/mol. The summed E-state index contributed by atoms with van der Waals surface area (Å²) < 4.78 is 11.0. The van der Waals surface area contributed by atoms with E-state index in [-0.39, 0.29) is 12.1 Å². The first-order valence-corrected chi connectivity index (χ1v) is 8.52. The van der Waals surface area contributed by atoms with Crippen LogP contribution in [0.5, 0.6) is 11.5 Å². The average Bonchev–Trinajstić information content (AvgIpc) is 2.61. The number of amides is 2. The van der Waals surface area contributed by atoms with Crippen LogP contribution in [-0.4, -0.2) is 25.8 Å². The summed E-state index contributed by atoms with van der Waals surface area (Å²) in [6.45, 7) is 4.75. The minimum atomic E-state index is -0.225. The molecule has 1 aliphatic rings. The molecule has 5 nitrogen and oxygen atoms in total. The van der Waals surface area contributed by atoms with Gasteiger partial charge in [-0.1, -0.05) is 26.0 Å². The van der Waals surface area contributed by atoms with Crippen LogP contribution in [0.4, 0.5) is 10.5 Å². The van der Waals surface area contributed by atoms with Crippen molar-refractivity contribution >= 4 is 11.7 Å². The minimum Gasteiger partial charge on any atom is -0.497 e. The molecule has 5 heteroatoms. The van der Waals surface area contributed by atoms with Gasteiger partial charge in [-0.05, 0) is 53.8 Å². The van der Waals surface area contributed by atoms with E-state index in [2.05, 4.69) is 24.5 Å². The molecule has 0 saturated heterocycles. The smallest absolute Gasteiger partial charge is 0.319 e. The van der Waals surface area contributed by atoms with Gasteiger partial charge in [0.25, 0.3) is 0 Å². The molecular formula is C20H24N2O3. The van der Waals surface area contributed by atoms with Crippen molar-refractivity contribution in [3.8, 4) is 11.5 Å². The zero-order chi connectivity index (χ0) is 17.8. The first-order chi connectivity index (χ1) is 12.0. The van der Waals surface area contributed by atoms with E-state index in [0.717, 1.165) is 22.7 Å². The number of benzene rings is 2. The highest BCUT2D eigenvalue weighted by Crippen LogP contribution is 2.28. The lowest BCUT2D eigenvalue weighted by Gasteiger charge is -2.26. The van der Waals surface area contributed by atoms with Gasteiger partial charge in [-0.15, -0.1) is 0 Å². The number of nitrogens with one attached hydrogen (secondary N) is 2. The fraction of sp³-hybridized carbons (Fsp3) is 0.350. The van der Waals surface area contributed by atoms with Crippen LogP contribution < -0.4 is 20.1 Å². The predicted molar refractivity (Wildman–Crippen MR) is 98.7 cm³/mol. The van der Waals surface area contributed by atoms with Crippen LogP contribution in [0.15, 0.2) is 42.5 Å². The summed E-state index contributed by atoms with van der Waals surface area (Å²) in [6.07, 6.45) is 0.715. The molecule has 0 fully saturated rings. The van der Waals surface area contributed by atoms with E-state index in [1.807, 2.05) is 42.5 Å². The molecule has 2 aromatic carbocycles. The number of carbonyl (C=O) groups excluding carboxylic acids is 1. The number of hydrogen-bond acceptors (Lipinski definition) is 3. The first-order valence-electron chi connectivity index (χ1n) is 8.52. The standard InChI is InChI=1S/C20H24N2O3/c1-13(2)14-4-6-16(7-5-14)21-20(23)22-17-10-15-11-18(24-3)8-9-19(15)25-12-17/h4-9,11,13,17H,10,12H2,1-3H3,(H2,21,22,23)/t17-/m0/s1. The summed E-state index contributed by atoms with van der Waals surface area (Å²) in [6, 6.07) is 13.3. The molecule has 0 aliphatic carbocycles. The van der Waals surface area contributed by atoms with Crippen LogP contribution in [0, 0.1) is 0 Å². The lowest BCUT2D eigenvalue weighted by atomic mass is 10.0. The van der Waals surface area contributed by atoms with Gasteiger partial charge in [-0.3, -0.25) is 0 Å². The fourth-order valence-electron chi connectivity index (χ4n) is 2.89. The third-order valence-electron chi connectivity index (χ3n) is 4.34. The third kappa shape index (κ3) is 4.24. The van der Waals surface area contributed by atoms with Crippen LogP contribution in [0.1, 0.15) is 30.9 Å². The second-order valence-corrected chi connectivity index (χ2v) is 6.56. The molecule has 2 aromatic rings. The van der Waals surface area contributed by atoms with Crippen molar-refractivity contribution in [2.75, 3.05) is 19.0 Å². The Morgan fingerprint density at radius 2 is 1.96 bits per heavy atom. The lowest BCUT2D eigenvalue weighted by Crippen LogP contribution is -2.44. The quantitative estimate of drug-likeness (QED) is 0.886. The van der Waals surface area contributed by atoms with Crippen molar-refractivity contribution in [3.05, 3.63) is 53.6 Å². The molecule has 2 N–H and O–H groups in total. The topological polar surface area (TPSA) is 59.6 Å². The normalized spacial score (nSPS) is 15.9. The van der Waals surface area contributed by atoms with E-state index < -0.39 is 0 Å². The highest BCUT2D eigenvalue weighted by molar-refractivity contribution is 5.89. The Morgan fingerprint density at radius 3 is 2.64 bits per heavy atom. The molecule has 3 rings (SSSR count). The van der Waals surface area contributed by atoms with Crippen molar-refractivity contribution in [3.63, 3.8) is 0 Å². The van der Waals surface area contributed by atoms with Gasteiger partial charge in [0.1, 0.15) is 18.1 Å². The number of ether oxygens (including phenoxy) is 2. The van der Waals surface area contributed by atoms with E-state index >= 15 is 0 Å². The van der Waals surface area contributed by atoms with Crippen molar-refractivity contribution in [1.82, 2.24) is 5.32 Å². The molecule has 0 bridgehead atoms. The Kier molecular flexibility index (Phi) is 5.12. The maximum atomic E-state index is 12.2. The molecule has 25 heavy (non-hydrogen) atoms. The van der Waals surface area contributed by atoms with E-state index in [1.54, 1.807) is 7.11 Å². The summed E-state index contributed by atoms with van der Waals surface area (Å²) in [5.41, 5.74) is 3.06. The van der Waals surface area contributed by atoms with Crippen LogP contribution in [0.25, 0.3) is 0 Å². The van der Waals surface area contributed by atoms with Crippen LogP contribution >= 0.6 is 0 Å². The predicted octanol–water partition coefficient (Wildman–Crippen LogP) is 3.94. The van der Waals surface area contributed by atoms with Gasteiger partial charge in [-0.2, -0.15) is 0 Å². The molecule has 1 aliphatic heterocycles. The lowest BCUT2D eigenvalue weighted by molar-refractivity contribution is 0.222. The van der Waals surface area contributed by atoms with Crippen molar-refractivity contribution in [2.45, 2.75) is 32.2 Å². The molecule has 2 amide bonds. The Hall–Kier alpha value is -2.69. The molecular weight excluding hydrogens is 316 g/mol. The van der Waals surface area contributed by atoms with Gasteiger partial charge in [0.05, 0.1) is 13.2 Å². The van der Waals surface area contributed by atoms with E-state index in [4.69, 9.17) is 9.47 Å². The number of urea groups is 1. The highest BCUT2D eigenvalue weighted by Gasteiger charge is 2.22. The van der Waals surface area contributed by atoms with E-state index in [9.17, 15) is 4.79 Å². The highest BCUT2D eigenvalue weighted by atomic mass is 16.5. The van der Waals surface area contributed by atoms with E-state index in [1.165, 1.54) is 5.56 Å². The second-order valence-electron chi connectivity index (χ2n) is 6.56. The summed E-state index contributed by atoms with van der Waals surface area (Å²) >= 11 is 0. The Balaban J connectivity index is 1.58. The first kappa shape index (κ1) is 17.1. The van der Waals surface area contributed by atoms with Gasteiger partial charge in [-0.25, -0.2) is 4.79 Å². The zero-order valence-corrected chi connectivity index (χ0v) is 14.8. The number of rotatable bonds is 4. The summed E-state index contributed by atoms with van der Waals surface area (Å²) in [5, 5.41) is 5.84. The summed E-state index contributed by atoms with van der Waals surface area (Å²) in [7, 11) is 1.64. The maximum Gasteiger partial charge on any atom is 0.319 e. The number of fused-ring (bicyclic) bond motifs is 1. The molecule has 0 aromatic heterocycles. The maximum absolute atomic E-state index is 12.2. The molecule has 0 saturated carbocycles. The van der Waals surface area contributed by atoms with Gasteiger partial charge in [0.2, 0.25) is 0 Å². The Morgan fingerprint density at radius 1 is 1.20 bits per heavy atom. The van der Waals surface area contributed by atoms with Crippen LogP contribution in [0.2, 0.25) is 0 Å².